The minimum absolute atomic E-state index is 0.128. The maximum atomic E-state index is 12.4. The Labute approximate surface area is 133 Å². The fourth-order valence-corrected chi connectivity index (χ4v) is 2.72. The summed E-state index contributed by atoms with van der Waals surface area (Å²) >= 11 is 0. The van der Waals surface area contributed by atoms with Crippen LogP contribution in [0.2, 0.25) is 0 Å². The van der Waals surface area contributed by atoms with Crippen LogP contribution < -0.4 is 15.8 Å². The molecule has 1 rings (SSSR count). The molecule has 0 spiro atoms. The molecule has 1 amide bonds. The van der Waals surface area contributed by atoms with Crippen LogP contribution in [0.1, 0.15) is 51.4 Å². The summed E-state index contributed by atoms with van der Waals surface area (Å²) in [5.74, 6) is 0.432. The average molecular weight is 304 g/mol. The third-order valence-corrected chi connectivity index (χ3v) is 3.05. The van der Waals surface area contributed by atoms with Gasteiger partial charge in [0.25, 0.3) is 5.91 Å². The highest BCUT2D eigenvalue weighted by atomic mass is 16.5. The summed E-state index contributed by atoms with van der Waals surface area (Å²) < 4.78 is 5.41. The molecule has 0 saturated heterocycles. The molecule has 0 radical (unpaired) electrons. The second-order valence-electron chi connectivity index (χ2n) is 7.43. The molecule has 0 fully saturated rings. The van der Waals surface area contributed by atoms with Crippen molar-refractivity contribution in [1.82, 2.24) is 5.32 Å². The van der Waals surface area contributed by atoms with Crippen LogP contribution in [0, 0.1) is 5.41 Å². The van der Waals surface area contributed by atoms with Gasteiger partial charge in [-0.1, -0.05) is 33.4 Å². The van der Waals surface area contributed by atoms with Gasteiger partial charge in [0, 0.05) is 11.1 Å². The standard InChI is InChI=1S/C18H28N2O2/c1-7-10-22-15-9-8-13(11-14(15)19)16(21)20-18(5,6)12-17(2,3)4/h7-9,11H,1,10,12,19H2,2-6H3,(H,20,21). The van der Waals surface area contributed by atoms with E-state index in [0.29, 0.717) is 23.6 Å². The van der Waals surface area contributed by atoms with Gasteiger partial charge >= 0.3 is 0 Å². The van der Waals surface area contributed by atoms with Gasteiger partial charge in [-0.2, -0.15) is 0 Å². The quantitative estimate of drug-likeness (QED) is 0.621. The largest absolute Gasteiger partial charge is 0.487 e. The Morgan fingerprint density at radius 3 is 2.45 bits per heavy atom. The number of hydrogen-bond donors (Lipinski definition) is 2. The molecule has 4 nitrogen and oxygen atoms in total. The first-order valence-corrected chi connectivity index (χ1v) is 7.50. The summed E-state index contributed by atoms with van der Waals surface area (Å²) in [7, 11) is 0. The molecule has 0 aliphatic heterocycles. The van der Waals surface area contributed by atoms with E-state index in [0.717, 1.165) is 6.42 Å². The lowest BCUT2D eigenvalue weighted by Crippen LogP contribution is -2.45. The van der Waals surface area contributed by atoms with Crippen LogP contribution in [0.3, 0.4) is 0 Å². The molecular formula is C18H28N2O2. The first-order chi connectivity index (χ1) is 10.0. The topological polar surface area (TPSA) is 64.3 Å². The summed E-state index contributed by atoms with van der Waals surface area (Å²) in [6.07, 6.45) is 2.52. The van der Waals surface area contributed by atoms with Gasteiger partial charge in [-0.25, -0.2) is 0 Å². The van der Waals surface area contributed by atoms with Crippen molar-refractivity contribution < 1.29 is 9.53 Å². The van der Waals surface area contributed by atoms with Gasteiger partial charge in [0.2, 0.25) is 0 Å². The molecular weight excluding hydrogens is 276 g/mol. The SMILES string of the molecule is C=CCOc1ccc(C(=O)NC(C)(C)CC(C)(C)C)cc1N. The minimum Gasteiger partial charge on any atom is -0.487 e. The van der Waals surface area contributed by atoms with E-state index in [-0.39, 0.29) is 16.9 Å². The molecule has 0 heterocycles. The second-order valence-corrected chi connectivity index (χ2v) is 7.43. The summed E-state index contributed by atoms with van der Waals surface area (Å²) in [5.41, 5.74) is 6.75. The van der Waals surface area contributed by atoms with E-state index in [4.69, 9.17) is 10.5 Å². The molecule has 122 valence electrons. The third kappa shape index (κ3) is 5.80. The molecule has 4 heteroatoms. The van der Waals surface area contributed by atoms with E-state index in [1.54, 1.807) is 24.3 Å². The number of anilines is 1. The maximum Gasteiger partial charge on any atom is 0.251 e. The van der Waals surface area contributed by atoms with Gasteiger partial charge in [-0.3, -0.25) is 4.79 Å². The Balaban J connectivity index is 2.81. The van der Waals surface area contributed by atoms with Crippen molar-refractivity contribution in [2.75, 3.05) is 12.3 Å². The summed E-state index contributed by atoms with van der Waals surface area (Å²) in [5, 5.41) is 3.07. The van der Waals surface area contributed by atoms with Crippen molar-refractivity contribution in [1.29, 1.82) is 0 Å². The van der Waals surface area contributed by atoms with Gasteiger partial charge in [0.05, 0.1) is 5.69 Å². The van der Waals surface area contributed by atoms with Crippen LogP contribution in [0.15, 0.2) is 30.9 Å². The van der Waals surface area contributed by atoms with Crippen LogP contribution in [0.5, 0.6) is 5.75 Å². The Morgan fingerprint density at radius 2 is 1.95 bits per heavy atom. The van der Waals surface area contributed by atoms with Gasteiger partial charge in [-0.05, 0) is 43.9 Å². The fraction of sp³-hybridized carbons (Fsp3) is 0.500. The number of hydrogen-bond acceptors (Lipinski definition) is 3. The number of nitrogens with one attached hydrogen (secondary N) is 1. The van der Waals surface area contributed by atoms with Gasteiger partial charge in [0.15, 0.2) is 0 Å². The van der Waals surface area contributed by atoms with Crippen molar-refractivity contribution in [2.24, 2.45) is 5.41 Å². The van der Waals surface area contributed by atoms with Crippen molar-refractivity contribution in [3.63, 3.8) is 0 Å². The number of nitrogen functional groups attached to an aromatic ring is 1. The van der Waals surface area contributed by atoms with Crippen molar-refractivity contribution in [2.45, 2.75) is 46.6 Å². The minimum atomic E-state index is -0.290. The lowest BCUT2D eigenvalue weighted by atomic mass is 9.81. The average Bonchev–Trinajstić information content (AvgIpc) is 2.33. The predicted octanol–water partition coefficient (Wildman–Crippen LogP) is 3.78. The molecule has 0 aliphatic carbocycles. The van der Waals surface area contributed by atoms with E-state index in [1.165, 1.54) is 0 Å². The number of ether oxygens (including phenoxy) is 1. The second kappa shape index (κ2) is 6.86. The number of amides is 1. The van der Waals surface area contributed by atoms with Gasteiger partial charge in [0.1, 0.15) is 12.4 Å². The highest BCUT2D eigenvalue weighted by Gasteiger charge is 2.27. The van der Waals surface area contributed by atoms with Crippen molar-refractivity contribution in [3.8, 4) is 5.75 Å². The molecule has 0 saturated carbocycles. The van der Waals surface area contributed by atoms with E-state index in [2.05, 4.69) is 32.7 Å². The van der Waals surface area contributed by atoms with Crippen LogP contribution in [-0.2, 0) is 0 Å². The Bertz CT molecular complexity index is 543. The van der Waals surface area contributed by atoms with E-state index >= 15 is 0 Å². The zero-order chi connectivity index (χ0) is 17.0. The summed E-state index contributed by atoms with van der Waals surface area (Å²) in [4.78, 5) is 12.4. The number of carbonyl (C=O) groups is 1. The predicted molar refractivity (Wildman–Crippen MR) is 92.2 cm³/mol. The molecule has 0 unspecified atom stereocenters. The Kier molecular flexibility index (Phi) is 5.64. The lowest BCUT2D eigenvalue weighted by molar-refractivity contribution is 0.0891. The monoisotopic (exact) mass is 304 g/mol. The summed E-state index contributed by atoms with van der Waals surface area (Å²) in [6.45, 7) is 14.5. The number of nitrogens with two attached hydrogens (primary N) is 1. The number of rotatable bonds is 6. The first-order valence-electron chi connectivity index (χ1n) is 7.50. The van der Waals surface area contributed by atoms with Gasteiger partial charge in [-0.15, -0.1) is 0 Å². The van der Waals surface area contributed by atoms with Crippen molar-refractivity contribution >= 4 is 11.6 Å². The zero-order valence-corrected chi connectivity index (χ0v) is 14.3. The molecule has 22 heavy (non-hydrogen) atoms. The normalized spacial score (nSPS) is 11.9. The fourth-order valence-electron chi connectivity index (χ4n) is 2.72. The molecule has 0 aliphatic rings. The molecule has 0 bridgehead atoms. The van der Waals surface area contributed by atoms with E-state index in [1.807, 2.05) is 13.8 Å². The van der Waals surface area contributed by atoms with Crippen LogP contribution in [0.4, 0.5) is 5.69 Å². The molecule has 0 aromatic heterocycles. The molecule has 0 atom stereocenters. The Morgan fingerprint density at radius 1 is 1.32 bits per heavy atom. The highest BCUT2D eigenvalue weighted by molar-refractivity contribution is 5.95. The van der Waals surface area contributed by atoms with Crippen molar-refractivity contribution in [3.05, 3.63) is 36.4 Å². The smallest absolute Gasteiger partial charge is 0.251 e. The highest BCUT2D eigenvalue weighted by Crippen LogP contribution is 2.28. The molecule has 1 aromatic rings. The summed E-state index contributed by atoms with van der Waals surface area (Å²) in [6, 6.07) is 5.07. The molecule has 1 aromatic carbocycles. The van der Waals surface area contributed by atoms with E-state index < -0.39 is 0 Å². The van der Waals surface area contributed by atoms with Crippen LogP contribution >= 0.6 is 0 Å². The zero-order valence-electron chi connectivity index (χ0n) is 14.3. The van der Waals surface area contributed by atoms with E-state index in [9.17, 15) is 4.79 Å². The number of benzene rings is 1. The first kappa shape index (κ1) is 18.1. The number of carbonyl (C=O) groups excluding carboxylic acids is 1. The lowest BCUT2D eigenvalue weighted by Gasteiger charge is -2.33. The third-order valence-electron chi connectivity index (χ3n) is 3.05. The molecule has 3 N–H and O–H groups in total. The van der Waals surface area contributed by atoms with Crippen LogP contribution in [-0.4, -0.2) is 18.1 Å². The maximum absolute atomic E-state index is 12.4. The van der Waals surface area contributed by atoms with Gasteiger partial charge < -0.3 is 15.8 Å². The Hall–Kier alpha value is -1.97. The van der Waals surface area contributed by atoms with Crippen LogP contribution in [0.25, 0.3) is 0 Å².